The van der Waals surface area contributed by atoms with E-state index >= 15 is 0 Å². The van der Waals surface area contributed by atoms with Gasteiger partial charge in [0.2, 0.25) is 0 Å². The Kier molecular flexibility index (Phi) is 8.56. The first-order valence-electron chi connectivity index (χ1n) is 8.02. The molecule has 0 saturated carbocycles. The summed E-state index contributed by atoms with van der Waals surface area (Å²) in [6.07, 6.45) is -1.60. The molecule has 2 heterocycles. The van der Waals surface area contributed by atoms with E-state index < -0.39 is 119 Å². The minimum atomic E-state index is -4.33. The fourth-order valence-electron chi connectivity index (χ4n) is 1.95. The molecule has 2 aliphatic heterocycles. The van der Waals surface area contributed by atoms with Crippen LogP contribution in [0.1, 0.15) is 19.3 Å². The van der Waals surface area contributed by atoms with Crippen molar-refractivity contribution >= 4 is 81.3 Å². The molecule has 0 radical (unpaired) electrons. The zero-order valence-electron chi connectivity index (χ0n) is 14.6. The van der Waals surface area contributed by atoms with E-state index in [1.807, 2.05) is 0 Å². The van der Waals surface area contributed by atoms with Crippen molar-refractivity contribution in [2.24, 2.45) is 17.2 Å². The van der Waals surface area contributed by atoms with Crippen LogP contribution in [0.15, 0.2) is 0 Å². The van der Waals surface area contributed by atoms with Crippen LogP contribution in [0.2, 0.25) is 0 Å². The van der Waals surface area contributed by atoms with Crippen LogP contribution in [-0.2, 0) is 45.9 Å². The summed E-state index contributed by atoms with van der Waals surface area (Å²) in [4.78, 5) is 69.7. The molecule has 15 nitrogen and oxygen atoms in total. The number of carbonyl (C=O) groups is 6. The summed E-state index contributed by atoms with van der Waals surface area (Å²) < 4.78 is 28.7. The Labute approximate surface area is 181 Å². The summed E-state index contributed by atoms with van der Waals surface area (Å²) in [6.45, 7) is 0. The summed E-state index contributed by atoms with van der Waals surface area (Å²) in [6, 6.07) is -4.05. The number of hydrogen-bond acceptors (Lipinski definition) is 15. The summed E-state index contributed by atoms with van der Waals surface area (Å²) in [5.41, 5.74) is 16.3. The van der Waals surface area contributed by atoms with Crippen molar-refractivity contribution in [1.82, 2.24) is 0 Å². The molecule has 0 aliphatic carbocycles. The standard InChI is InChI=1S/3C4H7NO4.2In/c3*5-2(4(8)9)1-3(6)7;;/h3*2H,1,5H2,(H,6,7)(H,8,9);;/q;;;2*+3/p-6/t3*2-;;/m100../s1. The second-order valence-corrected chi connectivity index (χ2v) is 13.1. The molecule has 0 aromatic carbocycles. The van der Waals surface area contributed by atoms with Crippen LogP contribution >= 0.6 is 0 Å². The molecule has 2 saturated heterocycles. The van der Waals surface area contributed by atoms with E-state index in [-0.39, 0.29) is 0 Å². The molecule has 0 spiro atoms. The van der Waals surface area contributed by atoms with Gasteiger partial charge in [-0.25, -0.2) is 0 Å². The molecule has 29 heavy (non-hydrogen) atoms. The number of nitrogens with two attached hydrogens (primary N) is 3. The molecule has 2 fully saturated rings. The van der Waals surface area contributed by atoms with E-state index in [1.54, 1.807) is 0 Å². The molecule has 0 amide bonds. The Bertz CT molecular complexity index is 733. The van der Waals surface area contributed by atoms with E-state index in [0.29, 0.717) is 0 Å². The molecule has 156 valence electrons. The van der Waals surface area contributed by atoms with Gasteiger partial charge in [0.15, 0.2) is 0 Å². The van der Waals surface area contributed by atoms with Gasteiger partial charge in [-0.2, -0.15) is 0 Å². The third-order valence-electron chi connectivity index (χ3n) is 3.39. The van der Waals surface area contributed by atoms with Gasteiger partial charge in [-0.1, -0.05) is 0 Å². The molecule has 0 aromatic heterocycles. The number of rotatable bonds is 5. The fraction of sp³-hybridized carbons (Fsp3) is 0.500. The second-order valence-electron chi connectivity index (χ2n) is 5.79. The molecule has 0 unspecified atom stereocenters. The molecule has 0 bridgehead atoms. The predicted molar refractivity (Wildman–Crippen MR) is 85.8 cm³/mol. The minimum absolute atomic E-state index is 0.425. The Morgan fingerprint density at radius 1 is 0.897 bits per heavy atom. The maximum absolute atomic E-state index is 12.0. The molecule has 2 aliphatic rings. The van der Waals surface area contributed by atoms with Gasteiger partial charge >= 0.3 is 182 Å². The molecular weight excluding hydrogens is 608 g/mol. The van der Waals surface area contributed by atoms with Crippen molar-refractivity contribution in [3.05, 3.63) is 0 Å². The summed E-state index contributed by atoms with van der Waals surface area (Å²) >= 11 is -8.63. The Balaban J connectivity index is 1.86. The van der Waals surface area contributed by atoms with Crippen molar-refractivity contribution in [1.29, 1.82) is 0 Å². The maximum atomic E-state index is 12.0. The van der Waals surface area contributed by atoms with Gasteiger partial charge < -0.3 is 0 Å². The number of carbonyl (C=O) groups excluding carboxylic acids is 6. The second kappa shape index (κ2) is 10.5. The van der Waals surface area contributed by atoms with Crippen molar-refractivity contribution < 1.29 is 45.9 Å². The van der Waals surface area contributed by atoms with Crippen molar-refractivity contribution in [2.75, 3.05) is 0 Å². The van der Waals surface area contributed by atoms with Crippen LogP contribution in [0.4, 0.5) is 0 Å². The van der Waals surface area contributed by atoms with E-state index in [4.69, 9.17) is 34.3 Å². The third kappa shape index (κ3) is 7.32. The Hall–Kier alpha value is -1.56. The molecule has 2 rings (SSSR count). The molecule has 17 heteroatoms. The number of hydrogen-bond donors (Lipinski definition) is 3. The van der Waals surface area contributed by atoms with Crippen molar-refractivity contribution in [3.8, 4) is 0 Å². The first kappa shape index (κ1) is 23.7. The summed E-state index contributed by atoms with van der Waals surface area (Å²) in [5.74, 6) is -5.91. The topological polar surface area (TPSA) is 236 Å². The van der Waals surface area contributed by atoms with Crippen LogP contribution in [0.5, 0.6) is 0 Å². The van der Waals surface area contributed by atoms with Gasteiger partial charge in [0, 0.05) is 0 Å². The van der Waals surface area contributed by atoms with Gasteiger partial charge in [-0.3, -0.25) is 0 Å². The Morgan fingerprint density at radius 2 is 1.34 bits per heavy atom. The molecule has 0 aromatic rings. The third-order valence-corrected chi connectivity index (χ3v) is 10.9. The van der Waals surface area contributed by atoms with Crippen LogP contribution in [0, 0.1) is 0 Å². The normalized spacial score (nSPS) is 23.6. The van der Waals surface area contributed by atoms with Gasteiger partial charge in [0.05, 0.1) is 0 Å². The van der Waals surface area contributed by atoms with Gasteiger partial charge in [-0.15, -0.1) is 0 Å². The zero-order valence-corrected chi connectivity index (χ0v) is 21.2. The monoisotopic (exact) mass is 623 g/mol. The van der Waals surface area contributed by atoms with Crippen LogP contribution in [0.25, 0.3) is 0 Å². The quantitative estimate of drug-likeness (QED) is 0.261. The van der Waals surface area contributed by atoms with Crippen molar-refractivity contribution in [3.63, 3.8) is 0 Å². The van der Waals surface area contributed by atoms with E-state index in [1.165, 1.54) is 0 Å². The SMILES string of the molecule is N[C@@H]1CC(=O)[O][In]([O]C(=O)[C@@H](N)CC(=O)[O][In]2[O]C(=O)C[C@H](N)C(=O)[O]2)[O]C1=O. The van der Waals surface area contributed by atoms with Crippen LogP contribution < -0.4 is 17.2 Å². The average Bonchev–Trinajstić information content (AvgIpc) is 2.79. The summed E-state index contributed by atoms with van der Waals surface area (Å²) in [7, 11) is 0. The van der Waals surface area contributed by atoms with Gasteiger partial charge in [0.25, 0.3) is 0 Å². The summed E-state index contributed by atoms with van der Waals surface area (Å²) in [5, 5.41) is 0. The van der Waals surface area contributed by atoms with Gasteiger partial charge in [-0.05, 0) is 0 Å². The molecule has 6 N–H and O–H groups in total. The van der Waals surface area contributed by atoms with E-state index in [0.717, 1.165) is 0 Å². The predicted octanol–water partition coefficient (Wildman–Crippen LogP) is -4.61. The van der Waals surface area contributed by atoms with Crippen LogP contribution in [-0.4, -0.2) is 99.4 Å². The average molecular weight is 623 g/mol. The Morgan fingerprint density at radius 3 is 1.83 bits per heavy atom. The van der Waals surface area contributed by atoms with E-state index in [9.17, 15) is 28.8 Å². The first-order chi connectivity index (χ1) is 13.5. The van der Waals surface area contributed by atoms with E-state index in [2.05, 4.69) is 0 Å². The van der Waals surface area contributed by atoms with Gasteiger partial charge in [0.1, 0.15) is 0 Å². The zero-order chi connectivity index (χ0) is 21.7. The molecule has 3 atom stereocenters. The molecular formula is C12H15In2N3O12. The first-order valence-corrected chi connectivity index (χ1v) is 16.1. The van der Waals surface area contributed by atoms with Crippen LogP contribution in [0.3, 0.4) is 0 Å². The van der Waals surface area contributed by atoms with Crippen molar-refractivity contribution in [2.45, 2.75) is 37.4 Å². The fourth-order valence-corrected chi connectivity index (χ4v) is 8.55.